The summed E-state index contributed by atoms with van der Waals surface area (Å²) in [5, 5.41) is 5.57. The van der Waals surface area contributed by atoms with Crippen LogP contribution in [0.15, 0.2) is 48.5 Å². The molecule has 1 atom stereocenters. The fourth-order valence-corrected chi connectivity index (χ4v) is 2.53. The number of halogens is 1. The zero-order valence-corrected chi connectivity index (χ0v) is 15.6. The van der Waals surface area contributed by atoms with Crippen LogP contribution in [-0.4, -0.2) is 12.3 Å². The van der Waals surface area contributed by atoms with E-state index in [2.05, 4.69) is 47.1 Å². The monoisotopic (exact) mass is 424 g/mol. The maximum Gasteiger partial charge on any atom is 0.322 e. The Morgan fingerprint density at radius 3 is 2.35 bits per heavy atom. The Morgan fingerprint density at radius 1 is 1.04 bits per heavy atom. The first-order chi connectivity index (χ1) is 11.0. The average molecular weight is 424 g/mol. The standard InChI is InChI=1S/C18H21IN2O2/c1-12(2)16-6-4-5-7-17(16)23-13(3)20-18(22)21-15-10-8-14(19)9-11-15/h4-13H,1-3H3,(H2,20,21,22). The number of carbonyl (C=O) groups excluding carboxylic acids is 1. The van der Waals surface area contributed by atoms with Gasteiger partial charge in [-0.25, -0.2) is 4.79 Å². The average Bonchev–Trinajstić information content (AvgIpc) is 2.49. The van der Waals surface area contributed by atoms with Crippen LogP contribution in [0, 0.1) is 3.57 Å². The van der Waals surface area contributed by atoms with Gasteiger partial charge in [0.1, 0.15) is 5.75 Å². The molecule has 0 aliphatic heterocycles. The molecule has 0 spiro atoms. The maximum absolute atomic E-state index is 12.0. The van der Waals surface area contributed by atoms with Crippen LogP contribution in [0.4, 0.5) is 10.5 Å². The number of hydrogen-bond donors (Lipinski definition) is 2. The number of ether oxygens (including phenoxy) is 1. The van der Waals surface area contributed by atoms with Gasteiger partial charge in [0, 0.05) is 9.26 Å². The van der Waals surface area contributed by atoms with Crippen molar-refractivity contribution in [3.05, 3.63) is 57.7 Å². The number of hydrogen-bond acceptors (Lipinski definition) is 2. The van der Waals surface area contributed by atoms with Crippen molar-refractivity contribution < 1.29 is 9.53 Å². The predicted octanol–water partition coefficient (Wildman–Crippen LogP) is 4.96. The lowest BCUT2D eigenvalue weighted by Gasteiger charge is -2.20. The van der Waals surface area contributed by atoms with E-state index in [-0.39, 0.29) is 6.03 Å². The van der Waals surface area contributed by atoms with Crippen molar-refractivity contribution in [3.8, 4) is 5.75 Å². The van der Waals surface area contributed by atoms with Crippen molar-refractivity contribution in [2.75, 3.05) is 5.32 Å². The van der Waals surface area contributed by atoms with E-state index in [0.717, 1.165) is 20.6 Å². The second-order valence-electron chi connectivity index (χ2n) is 5.56. The largest absolute Gasteiger partial charge is 0.471 e. The first-order valence-electron chi connectivity index (χ1n) is 7.54. The summed E-state index contributed by atoms with van der Waals surface area (Å²) < 4.78 is 6.98. The molecule has 0 aromatic heterocycles. The highest BCUT2D eigenvalue weighted by molar-refractivity contribution is 14.1. The van der Waals surface area contributed by atoms with Crippen LogP contribution >= 0.6 is 22.6 Å². The normalized spacial score (nSPS) is 11.9. The van der Waals surface area contributed by atoms with Crippen LogP contribution in [0.2, 0.25) is 0 Å². The third-order valence-corrected chi connectivity index (χ3v) is 4.00. The molecule has 0 saturated carbocycles. The SMILES string of the molecule is CC(NC(=O)Nc1ccc(I)cc1)Oc1ccccc1C(C)C. The molecule has 2 rings (SSSR count). The Labute approximate surface area is 150 Å². The van der Waals surface area contributed by atoms with Gasteiger partial charge in [-0.1, -0.05) is 32.0 Å². The Morgan fingerprint density at radius 2 is 1.70 bits per heavy atom. The van der Waals surface area contributed by atoms with Crippen molar-refractivity contribution in [2.24, 2.45) is 0 Å². The second kappa shape index (κ2) is 8.19. The molecule has 0 bridgehead atoms. The van der Waals surface area contributed by atoms with Crippen molar-refractivity contribution in [1.82, 2.24) is 5.32 Å². The molecule has 2 aromatic rings. The van der Waals surface area contributed by atoms with Crippen LogP contribution in [0.25, 0.3) is 0 Å². The predicted molar refractivity (Wildman–Crippen MR) is 102 cm³/mol. The molecule has 0 heterocycles. The van der Waals surface area contributed by atoms with Crippen molar-refractivity contribution in [1.29, 1.82) is 0 Å². The van der Waals surface area contributed by atoms with Gasteiger partial charge in [0.2, 0.25) is 0 Å². The van der Waals surface area contributed by atoms with E-state index in [1.807, 2.05) is 55.5 Å². The van der Waals surface area contributed by atoms with E-state index in [4.69, 9.17) is 4.74 Å². The van der Waals surface area contributed by atoms with Gasteiger partial charge in [-0.3, -0.25) is 0 Å². The van der Waals surface area contributed by atoms with E-state index >= 15 is 0 Å². The molecule has 0 aliphatic rings. The minimum atomic E-state index is -0.432. The van der Waals surface area contributed by atoms with E-state index < -0.39 is 6.23 Å². The van der Waals surface area contributed by atoms with Crippen LogP contribution in [-0.2, 0) is 0 Å². The highest BCUT2D eigenvalue weighted by Gasteiger charge is 2.12. The Hall–Kier alpha value is -1.76. The molecule has 0 saturated heterocycles. The first-order valence-corrected chi connectivity index (χ1v) is 8.62. The number of urea groups is 1. The van der Waals surface area contributed by atoms with Crippen LogP contribution in [0.5, 0.6) is 5.75 Å². The lowest BCUT2D eigenvalue weighted by molar-refractivity contribution is 0.181. The molecule has 2 aromatic carbocycles. The summed E-state index contributed by atoms with van der Waals surface area (Å²) in [6.07, 6.45) is -0.432. The number of para-hydroxylation sites is 1. The smallest absolute Gasteiger partial charge is 0.322 e. The molecule has 2 amide bonds. The fraction of sp³-hybridized carbons (Fsp3) is 0.278. The molecule has 23 heavy (non-hydrogen) atoms. The minimum absolute atomic E-state index is 0.291. The van der Waals surface area contributed by atoms with Crippen molar-refractivity contribution in [2.45, 2.75) is 32.9 Å². The zero-order chi connectivity index (χ0) is 16.8. The van der Waals surface area contributed by atoms with Gasteiger partial charge in [-0.05, 0) is 71.3 Å². The summed E-state index contributed by atoms with van der Waals surface area (Å²) in [6.45, 7) is 6.04. The van der Waals surface area contributed by atoms with Gasteiger partial charge in [-0.2, -0.15) is 0 Å². The van der Waals surface area contributed by atoms with Gasteiger partial charge in [0.05, 0.1) is 0 Å². The van der Waals surface area contributed by atoms with Gasteiger partial charge in [0.25, 0.3) is 0 Å². The molecule has 0 fully saturated rings. The van der Waals surface area contributed by atoms with E-state index in [1.165, 1.54) is 0 Å². The Balaban J connectivity index is 1.93. The molecule has 5 heteroatoms. The Kier molecular flexibility index (Phi) is 6.27. The third kappa shape index (κ3) is 5.42. The number of amides is 2. The lowest BCUT2D eigenvalue weighted by Crippen LogP contribution is -2.39. The maximum atomic E-state index is 12.0. The molecule has 0 aliphatic carbocycles. The zero-order valence-electron chi connectivity index (χ0n) is 13.5. The summed E-state index contributed by atoms with van der Waals surface area (Å²) in [4.78, 5) is 12.0. The first kappa shape index (κ1) is 17.6. The highest BCUT2D eigenvalue weighted by atomic mass is 127. The van der Waals surface area contributed by atoms with E-state index in [9.17, 15) is 4.79 Å². The number of anilines is 1. The Bertz CT molecular complexity index is 656. The third-order valence-electron chi connectivity index (χ3n) is 3.28. The second-order valence-corrected chi connectivity index (χ2v) is 6.80. The number of carbonyl (C=O) groups is 1. The van der Waals surface area contributed by atoms with Crippen molar-refractivity contribution in [3.63, 3.8) is 0 Å². The van der Waals surface area contributed by atoms with Crippen molar-refractivity contribution >= 4 is 34.3 Å². The summed E-state index contributed by atoms with van der Waals surface area (Å²) in [7, 11) is 0. The summed E-state index contributed by atoms with van der Waals surface area (Å²) in [5.74, 6) is 1.16. The van der Waals surface area contributed by atoms with Gasteiger partial charge >= 0.3 is 6.03 Å². The molecule has 4 nitrogen and oxygen atoms in total. The van der Waals surface area contributed by atoms with Crippen LogP contribution in [0.1, 0.15) is 32.3 Å². The van der Waals surface area contributed by atoms with Crippen LogP contribution < -0.4 is 15.4 Å². The summed E-state index contributed by atoms with van der Waals surface area (Å²) in [6, 6.07) is 15.2. The quantitative estimate of drug-likeness (QED) is 0.527. The number of nitrogens with one attached hydrogen (secondary N) is 2. The molecular formula is C18H21IN2O2. The molecule has 122 valence electrons. The molecular weight excluding hydrogens is 403 g/mol. The van der Waals surface area contributed by atoms with E-state index in [0.29, 0.717) is 5.92 Å². The van der Waals surface area contributed by atoms with Gasteiger partial charge < -0.3 is 15.4 Å². The number of rotatable bonds is 5. The van der Waals surface area contributed by atoms with Gasteiger partial charge in [0.15, 0.2) is 6.23 Å². The fourth-order valence-electron chi connectivity index (χ4n) is 2.17. The lowest BCUT2D eigenvalue weighted by atomic mass is 10.0. The van der Waals surface area contributed by atoms with Gasteiger partial charge in [-0.15, -0.1) is 0 Å². The number of benzene rings is 2. The molecule has 0 radical (unpaired) electrons. The highest BCUT2D eigenvalue weighted by Crippen LogP contribution is 2.26. The van der Waals surface area contributed by atoms with E-state index in [1.54, 1.807) is 0 Å². The molecule has 1 unspecified atom stereocenters. The summed E-state index contributed by atoms with van der Waals surface area (Å²) in [5.41, 5.74) is 1.87. The topological polar surface area (TPSA) is 50.4 Å². The van der Waals surface area contributed by atoms with Crippen LogP contribution in [0.3, 0.4) is 0 Å². The minimum Gasteiger partial charge on any atom is -0.471 e. The summed E-state index contributed by atoms with van der Waals surface area (Å²) >= 11 is 2.22. The molecule has 2 N–H and O–H groups in total.